The molecule has 1 aromatic carbocycles. The van der Waals surface area contributed by atoms with Crippen LogP contribution in [-0.2, 0) is 4.79 Å². The molecule has 1 unspecified atom stereocenters. The molecule has 2 amide bonds. The van der Waals surface area contributed by atoms with Crippen molar-refractivity contribution in [1.29, 1.82) is 0 Å². The fourth-order valence-corrected chi connectivity index (χ4v) is 4.04. The molecule has 1 aliphatic rings. The number of benzene rings is 1. The van der Waals surface area contributed by atoms with Crippen molar-refractivity contribution < 1.29 is 9.59 Å². The highest BCUT2D eigenvalue weighted by molar-refractivity contribution is 6.30. The Labute approximate surface area is 158 Å². The van der Waals surface area contributed by atoms with E-state index >= 15 is 0 Å². The van der Waals surface area contributed by atoms with Crippen LogP contribution in [0.4, 0.5) is 0 Å². The van der Waals surface area contributed by atoms with E-state index in [0.29, 0.717) is 17.1 Å². The van der Waals surface area contributed by atoms with Gasteiger partial charge in [0.15, 0.2) is 0 Å². The Morgan fingerprint density at radius 1 is 1.23 bits per heavy atom. The largest absolute Gasteiger partial charge is 0.370 e. The highest BCUT2D eigenvalue weighted by Gasteiger charge is 2.30. The maximum atomic E-state index is 13.2. The fourth-order valence-electron chi connectivity index (χ4n) is 3.86. The van der Waals surface area contributed by atoms with Crippen molar-refractivity contribution in [3.8, 4) is 5.69 Å². The second-order valence-corrected chi connectivity index (χ2v) is 7.36. The Kier molecular flexibility index (Phi) is 5.37. The maximum absolute atomic E-state index is 13.2. The summed E-state index contributed by atoms with van der Waals surface area (Å²) in [5.74, 6) is -0.392. The number of hydrogen-bond acceptors (Lipinski definition) is 2. The molecule has 1 aromatic heterocycles. The number of likely N-dealkylation sites (tertiary alicyclic amines) is 1. The van der Waals surface area contributed by atoms with Gasteiger partial charge in [0.25, 0.3) is 5.91 Å². The Morgan fingerprint density at radius 2 is 2.00 bits per heavy atom. The van der Waals surface area contributed by atoms with Crippen LogP contribution in [0.1, 0.15) is 47.4 Å². The minimum absolute atomic E-state index is 0.0303. The number of amides is 2. The van der Waals surface area contributed by atoms with Crippen LogP contribution in [0.25, 0.3) is 5.69 Å². The zero-order chi connectivity index (χ0) is 18.8. The van der Waals surface area contributed by atoms with E-state index in [-0.39, 0.29) is 24.3 Å². The molecule has 2 heterocycles. The van der Waals surface area contributed by atoms with Crippen LogP contribution < -0.4 is 5.73 Å². The van der Waals surface area contributed by atoms with Gasteiger partial charge in [-0.15, -0.1) is 0 Å². The van der Waals surface area contributed by atoms with Crippen molar-refractivity contribution in [2.75, 3.05) is 6.54 Å². The lowest BCUT2D eigenvalue weighted by atomic mass is 9.98. The van der Waals surface area contributed by atoms with Crippen molar-refractivity contribution in [2.24, 2.45) is 5.73 Å². The summed E-state index contributed by atoms with van der Waals surface area (Å²) in [7, 11) is 0. The quantitative estimate of drug-likeness (QED) is 0.889. The zero-order valence-electron chi connectivity index (χ0n) is 15.2. The lowest BCUT2D eigenvalue weighted by Gasteiger charge is -2.35. The fraction of sp³-hybridized carbons (Fsp3) is 0.400. The van der Waals surface area contributed by atoms with Gasteiger partial charge >= 0.3 is 0 Å². The predicted molar refractivity (Wildman–Crippen MR) is 103 cm³/mol. The number of aromatic nitrogens is 1. The number of carbonyl (C=O) groups is 2. The topological polar surface area (TPSA) is 68.3 Å². The summed E-state index contributed by atoms with van der Waals surface area (Å²) in [6.45, 7) is 4.58. The highest BCUT2D eigenvalue weighted by Crippen LogP contribution is 2.27. The first-order chi connectivity index (χ1) is 12.4. The van der Waals surface area contributed by atoms with Crippen LogP contribution in [0.15, 0.2) is 30.3 Å². The van der Waals surface area contributed by atoms with E-state index in [4.69, 9.17) is 17.3 Å². The first-order valence-electron chi connectivity index (χ1n) is 8.92. The molecule has 0 spiro atoms. The van der Waals surface area contributed by atoms with Gasteiger partial charge in [0, 0.05) is 41.1 Å². The Bertz CT molecular complexity index is 844. The summed E-state index contributed by atoms with van der Waals surface area (Å²) in [4.78, 5) is 26.4. The monoisotopic (exact) mass is 373 g/mol. The van der Waals surface area contributed by atoms with Crippen molar-refractivity contribution in [1.82, 2.24) is 9.47 Å². The number of carbonyl (C=O) groups excluding carboxylic acids is 2. The molecule has 0 saturated carbocycles. The number of primary amides is 1. The molecular weight excluding hydrogens is 350 g/mol. The third-order valence-corrected chi connectivity index (χ3v) is 5.29. The molecule has 2 aromatic rings. The van der Waals surface area contributed by atoms with Crippen molar-refractivity contribution in [3.05, 3.63) is 52.3 Å². The number of aryl methyl sites for hydroxylation is 1. The highest BCUT2D eigenvalue weighted by atomic mass is 35.5. The lowest BCUT2D eigenvalue weighted by Crippen LogP contribution is -2.45. The van der Waals surface area contributed by atoms with Gasteiger partial charge in [0.05, 0.1) is 5.56 Å². The number of piperidine rings is 1. The molecule has 138 valence electrons. The number of halogens is 1. The first-order valence-corrected chi connectivity index (χ1v) is 9.30. The Balaban J connectivity index is 1.95. The number of nitrogens with zero attached hydrogens (tertiary/aromatic N) is 2. The molecule has 3 rings (SSSR count). The van der Waals surface area contributed by atoms with Gasteiger partial charge in [-0.3, -0.25) is 9.59 Å². The number of nitrogens with two attached hydrogens (primary N) is 1. The molecule has 6 heteroatoms. The average molecular weight is 374 g/mol. The Hall–Kier alpha value is -2.27. The molecule has 1 saturated heterocycles. The molecular formula is C20H24ClN3O2. The van der Waals surface area contributed by atoms with Crippen LogP contribution in [0, 0.1) is 13.8 Å². The van der Waals surface area contributed by atoms with Crippen LogP contribution in [0.5, 0.6) is 0 Å². The molecule has 1 aliphatic heterocycles. The predicted octanol–water partition coefficient (Wildman–Crippen LogP) is 3.62. The van der Waals surface area contributed by atoms with E-state index in [0.717, 1.165) is 36.3 Å². The summed E-state index contributed by atoms with van der Waals surface area (Å²) < 4.78 is 2.03. The molecule has 0 radical (unpaired) electrons. The molecule has 26 heavy (non-hydrogen) atoms. The van der Waals surface area contributed by atoms with Crippen LogP contribution >= 0.6 is 11.6 Å². The summed E-state index contributed by atoms with van der Waals surface area (Å²) in [5.41, 5.74) is 8.82. The summed E-state index contributed by atoms with van der Waals surface area (Å²) >= 11 is 6.13. The first kappa shape index (κ1) is 18.5. The lowest BCUT2D eigenvalue weighted by molar-refractivity contribution is -0.119. The van der Waals surface area contributed by atoms with Crippen LogP contribution in [0.2, 0.25) is 5.02 Å². The van der Waals surface area contributed by atoms with E-state index < -0.39 is 0 Å². The van der Waals surface area contributed by atoms with E-state index in [2.05, 4.69) is 0 Å². The normalized spacial score (nSPS) is 17.3. The van der Waals surface area contributed by atoms with Crippen LogP contribution in [0.3, 0.4) is 0 Å². The van der Waals surface area contributed by atoms with Gasteiger partial charge in [-0.2, -0.15) is 0 Å². The second-order valence-electron chi connectivity index (χ2n) is 6.92. The molecule has 0 bridgehead atoms. The molecule has 2 N–H and O–H groups in total. The minimum atomic E-state index is -0.362. The maximum Gasteiger partial charge on any atom is 0.255 e. The molecule has 0 aliphatic carbocycles. The van der Waals surface area contributed by atoms with Gasteiger partial charge < -0.3 is 15.2 Å². The molecule has 5 nitrogen and oxygen atoms in total. The Morgan fingerprint density at radius 3 is 2.69 bits per heavy atom. The van der Waals surface area contributed by atoms with Crippen molar-refractivity contribution in [3.63, 3.8) is 0 Å². The zero-order valence-corrected chi connectivity index (χ0v) is 15.9. The van der Waals surface area contributed by atoms with Gasteiger partial charge in [-0.05, 0) is 57.4 Å². The third-order valence-electron chi connectivity index (χ3n) is 5.05. The van der Waals surface area contributed by atoms with E-state index in [1.165, 1.54) is 0 Å². The average Bonchev–Trinajstić information content (AvgIpc) is 2.89. The van der Waals surface area contributed by atoms with Gasteiger partial charge in [-0.25, -0.2) is 0 Å². The minimum Gasteiger partial charge on any atom is -0.370 e. The summed E-state index contributed by atoms with van der Waals surface area (Å²) in [6, 6.07) is 9.37. The van der Waals surface area contributed by atoms with Gasteiger partial charge in [-0.1, -0.05) is 17.7 Å². The van der Waals surface area contributed by atoms with E-state index in [1.54, 1.807) is 0 Å². The summed E-state index contributed by atoms with van der Waals surface area (Å²) in [5, 5.41) is 0.653. The van der Waals surface area contributed by atoms with Crippen molar-refractivity contribution >= 4 is 23.4 Å². The van der Waals surface area contributed by atoms with Crippen LogP contribution in [-0.4, -0.2) is 33.9 Å². The standard InChI is InChI=1S/C20H24ClN3O2/c1-13-10-18(14(2)24(13)17-8-5-6-15(21)11-17)20(26)23-9-4-3-7-16(23)12-19(22)25/h5-6,8,10-11,16H,3-4,7,9,12H2,1-2H3,(H2,22,25). The summed E-state index contributed by atoms with van der Waals surface area (Å²) in [6.07, 6.45) is 3.01. The van der Waals surface area contributed by atoms with E-state index in [1.807, 2.05) is 53.6 Å². The van der Waals surface area contributed by atoms with Crippen molar-refractivity contribution in [2.45, 2.75) is 45.6 Å². The third kappa shape index (κ3) is 3.63. The van der Waals surface area contributed by atoms with Gasteiger partial charge in [0.1, 0.15) is 0 Å². The second kappa shape index (κ2) is 7.54. The molecule has 1 atom stereocenters. The molecule has 1 fully saturated rings. The SMILES string of the molecule is Cc1cc(C(=O)N2CCCCC2CC(N)=O)c(C)n1-c1cccc(Cl)c1. The van der Waals surface area contributed by atoms with Gasteiger partial charge in [0.2, 0.25) is 5.91 Å². The van der Waals surface area contributed by atoms with E-state index in [9.17, 15) is 9.59 Å². The number of hydrogen-bond donors (Lipinski definition) is 1. The smallest absolute Gasteiger partial charge is 0.255 e. The number of rotatable bonds is 4.